The Morgan fingerprint density at radius 2 is 2.15 bits per heavy atom. The van der Waals surface area contributed by atoms with E-state index in [0.717, 1.165) is 45.4 Å². The van der Waals surface area contributed by atoms with Gasteiger partial charge < -0.3 is 15.5 Å². The number of likely N-dealkylation sites (tertiary alicyclic amines) is 1. The van der Waals surface area contributed by atoms with E-state index in [0.29, 0.717) is 12.3 Å². The summed E-state index contributed by atoms with van der Waals surface area (Å²) in [5.41, 5.74) is 0. The summed E-state index contributed by atoms with van der Waals surface area (Å²) in [7, 11) is 0. The van der Waals surface area contributed by atoms with Gasteiger partial charge in [0.1, 0.15) is 0 Å². The van der Waals surface area contributed by atoms with Gasteiger partial charge >= 0.3 is 0 Å². The SMILES string of the molecule is Cl.O=C(CN1CCCCCC1=O)NCC1CCCNC1. The topological polar surface area (TPSA) is 61.4 Å². The summed E-state index contributed by atoms with van der Waals surface area (Å²) >= 11 is 0. The molecule has 0 aromatic heterocycles. The number of hydrogen-bond acceptors (Lipinski definition) is 3. The molecular weight excluding hydrogens is 278 g/mol. The molecule has 2 rings (SSSR count). The van der Waals surface area contributed by atoms with Crippen LogP contribution in [0.1, 0.15) is 38.5 Å². The fourth-order valence-corrected chi connectivity index (χ4v) is 2.79. The van der Waals surface area contributed by atoms with Crippen LogP contribution in [0, 0.1) is 5.92 Å². The molecule has 0 aromatic rings. The van der Waals surface area contributed by atoms with Gasteiger partial charge in [0.05, 0.1) is 6.54 Å². The first-order valence-electron chi connectivity index (χ1n) is 7.51. The Morgan fingerprint density at radius 3 is 2.90 bits per heavy atom. The molecule has 0 aliphatic carbocycles. The number of piperidine rings is 1. The summed E-state index contributed by atoms with van der Waals surface area (Å²) in [4.78, 5) is 25.4. The molecule has 20 heavy (non-hydrogen) atoms. The van der Waals surface area contributed by atoms with Gasteiger partial charge in [-0.05, 0) is 44.7 Å². The number of amides is 2. The van der Waals surface area contributed by atoms with Gasteiger partial charge in [0.2, 0.25) is 11.8 Å². The second kappa shape index (κ2) is 9.19. The number of nitrogens with zero attached hydrogens (tertiary/aromatic N) is 1. The third-order valence-corrected chi connectivity index (χ3v) is 3.99. The van der Waals surface area contributed by atoms with E-state index in [9.17, 15) is 9.59 Å². The minimum atomic E-state index is -0.0131. The Kier molecular flexibility index (Phi) is 7.92. The number of rotatable bonds is 4. The van der Waals surface area contributed by atoms with Crippen LogP contribution >= 0.6 is 12.4 Å². The third-order valence-electron chi connectivity index (χ3n) is 3.99. The molecule has 2 amide bonds. The van der Waals surface area contributed by atoms with E-state index >= 15 is 0 Å². The van der Waals surface area contributed by atoms with Gasteiger partial charge in [0, 0.05) is 19.5 Å². The number of hydrogen-bond donors (Lipinski definition) is 2. The van der Waals surface area contributed by atoms with Crippen LogP contribution in [0.3, 0.4) is 0 Å². The van der Waals surface area contributed by atoms with E-state index < -0.39 is 0 Å². The Balaban J connectivity index is 0.00000200. The second-order valence-corrected chi connectivity index (χ2v) is 5.64. The maximum absolute atomic E-state index is 11.9. The van der Waals surface area contributed by atoms with Crippen molar-refractivity contribution in [3.8, 4) is 0 Å². The molecule has 0 saturated carbocycles. The standard InChI is InChI=1S/C14H25N3O2.ClH/c18-13(16-10-12-5-4-7-15-9-12)11-17-8-3-1-2-6-14(17)19;/h12,15H,1-11H2,(H,16,18);1H. The lowest BCUT2D eigenvalue weighted by Gasteiger charge is -2.24. The Hall–Kier alpha value is -0.810. The zero-order valence-corrected chi connectivity index (χ0v) is 12.8. The predicted octanol–water partition coefficient (Wildman–Crippen LogP) is 0.927. The van der Waals surface area contributed by atoms with Gasteiger partial charge in [-0.15, -0.1) is 12.4 Å². The predicted molar refractivity (Wildman–Crippen MR) is 80.9 cm³/mol. The summed E-state index contributed by atoms with van der Waals surface area (Å²) in [6.07, 6.45) is 6.04. The minimum Gasteiger partial charge on any atom is -0.354 e. The van der Waals surface area contributed by atoms with Crippen molar-refractivity contribution < 1.29 is 9.59 Å². The molecule has 1 unspecified atom stereocenters. The van der Waals surface area contributed by atoms with Crippen molar-refractivity contribution in [3.05, 3.63) is 0 Å². The van der Waals surface area contributed by atoms with Crippen LogP contribution in [-0.4, -0.2) is 49.4 Å². The summed E-state index contributed by atoms with van der Waals surface area (Å²) in [6.45, 7) is 3.78. The van der Waals surface area contributed by atoms with Gasteiger partial charge in [-0.25, -0.2) is 0 Å². The number of carbonyl (C=O) groups is 2. The van der Waals surface area contributed by atoms with Crippen LogP contribution in [0.2, 0.25) is 0 Å². The van der Waals surface area contributed by atoms with Crippen LogP contribution < -0.4 is 10.6 Å². The first-order valence-corrected chi connectivity index (χ1v) is 7.51. The van der Waals surface area contributed by atoms with Crippen LogP contribution in [-0.2, 0) is 9.59 Å². The van der Waals surface area contributed by atoms with Gasteiger partial charge in [-0.3, -0.25) is 9.59 Å². The molecular formula is C14H26ClN3O2. The average molecular weight is 304 g/mol. The lowest BCUT2D eigenvalue weighted by Crippen LogP contribution is -2.43. The Morgan fingerprint density at radius 1 is 1.30 bits per heavy atom. The van der Waals surface area contributed by atoms with Crippen molar-refractivity contribution >= 4 is 24.2 Å². The lowest BCUT2D eigenvalue weighted by molar-refractivity contribution is -0.135. The van der Waals surface area contributed by atoms with Gasteiger partial charge in [0.15, 0.2) is 0 Å². The minimum absolute atomic E-state index is 0. The molecule has 2 aliphatic heterocycles. The van der Waals surface area contributed by atoms with Gasteiger partial charge in [0.25, 0.3) is 0 Å². The molecule has 1 atom stereocenters. The van der Waals surface area contributed by atoms with E-state index in [1.807, 2.05) is 0 Å². The quantitative estimate of drug-likeness (QED) is 0.812. The first kappa shape index (κ1) is 17.2. The smallest absolute Gasteiger partial charge is 0.239 e. The molecule has 2 N–H and O–H groups in total. The summed E-state index contributed by atoms with van der Waals surface area (Å²) in [5, 5.41) is 6.31. The van der Waals surface area contributed by atoms with Crippen molar-refractivity contribution in [2.45, 2.75) is 38.5 Å². The Bertz CT molecular complexity index is 320. The van der Waals surface area contributed by atoms with Gasteiger partial charge in [-0.2, -0.15) is 0 Å². The largest absolute Gasteiger partial charge is 0.354 e. The molecule has 116 valence electrons. The zero-order chi connectivity index (χ0) is 13.5. The van der Waals surface area contributed by atoms with Crippen molar-refractivity contribution in [1.82, 2.24) is 15.5 Å². The Labute approximate surface area is 127 Å². The molecule has 0 radical (unpaired) electrons. The molecule has 2 fully saturated rings. The highest BCUT2D eigenvalue weighted by Crippen LogP contribution is 2.11. The van der Waals surface area contributed by atoms with E-state index in [-0.39, 0.29) is 30.8 Å². The van der Waals surface area contributed by atoms with Crippen molar-refractivity contribution in [2.75, 3.05) is 32.7 Å². The molecule has 0 bridgehead atoms. The van der Waals surface area contributed by atoms with Crippen LogP contribution in [0.15, 0.2) is 0 Å². The van der Waals surface area contributed by atoms with E-state index in [1.54, 1.807) is 4.90 Å². The molecule has 2 aliphatic rings. The monoisotopic (exact) mass is 303 g/mol. The van der Waals surface area contributed by atoms with Crippen molar-refractivity contribution in [3.63, 3.8) is 0 Å². The van der Waals surface area contributed by atoms with E-state index in [2.05, 4.69) is 10.6 Å². The lowest BCUT2D eigenvalue weighted by atomic mass is 10.00. The highest BCUT2D eigenvalue weighted by Gasteiger charge is 2.20. The second-order valence-electron chi connectivity index (χ2n) is 5.64. The average Bonchev–Trinajstić information content (AvgIpc) is 2.63. The normalized spacial score (nSPS) is 23.7. The highest BCUT2D eigenvalue weighted by molar-refractivity contribution is 5.85. The summed E-state index contributed by atoms with van der Waals surface area (Å²) in [5.74, 6) is 0.658. The van der Waals surface area contributed by atoms with Gasteiger partial charge in [-0.1, -0.05) is 6.42 Å². The number of halogens is 1. The number of carbonyl (C=O) groups excluding carboxylic acids is 2. The van der Waals surface area contributed by atoms with Crippen molar-refractivity contribution in [2.24, 2.45) is 5.92 Å². The van der Waals surface area contributed by atoms with E-state index in [4.69, 9.17) is 0 Å². The molecule has 6 heteroatoms. The summed E-state index contributed by atoms with van der Waals surface area (Å²) in [6, 6.07) is 0. The van der Waals surface area contributed by atoms with E-state index in [1.165, 1.54) is 12.8 Å². The van der Waals surface area contributed by atoms with Crippen LogP contribution in [0.4, 0.5) is 0 Å². The first-order chi connectivity index (χ1) is 9.25. The maximum Gasteiger partial charge on any atom is 0.239 e. The highest BCUT2D eigenvalue weighted by atomic mass is 35.5. The molecule has 0 spiro atoms. The zero-order valence-electron chi connectivity index (χ0n) is 12.0. The maximum atomic E-state index is 11.9. The van der Waals surface area contributed by atoms with Crippen molar-refractivity contribution in [1.29, 1.82) is 0 Å². The third kappa shape index (κ3) is 5.67. The molecule has 2 heterocycles. The fourth-order valence-electron chi connectivity index (χ4n) is 2.79. The van der Waals surface area contributed by atoms with Crippen LogP contribution in [0.25, 0.3) is 0 Å². The molecule has 0 aromatic carbocycles. The molecule has 5 nitrogen and oxygen atoms in total. The number of nitrogens with one attached hydrogen (secondary N) is 2. The molecule has 2 saturated heterocycles. The van der Waals surface area contributed by atoms with Crippen LogP contribution in [0.5, 0.6) is 0 Å². The summed E-state index contributed by atoms with van der Waals surface area (Å²) < 4.78 is 0. The fraction of sp³-hybridized carbons (Fsp3) is 0.857.